The summed E-state index contributed by atoms with van der Waals surface area (Å²) in [5.41, 5.74) is 0.348. The number of hydrogen-bond acceptors (Lipinski definition) is 4. The van der Waals surface area contributed by atoms with Crippen LogP contribution in [-0.2, 0) is 4.79 Å². The Morgan fingerprint density at radius 3 is 2.47 bits per heavy atom. The van der Waals surface area contributed by atoms with Crippen LogP contribution in [0, 0.1) is 6.92 Å². The molecule has 1 aromatic rings. The van der Waals surface area contributed by atoms with Gasteiger partial charge in [0, 0.05) is 17.2 Å². The minimum Gasteiger partial charge on any atom is -0.496 e. The molecule has 0 aliphatic carbocycles. The number of allylic oxidation sites excluding steroid dienone is 1. The SMILES string of the molecule is COc1cc(C(C)=C(C)C(=O)O)oc(=O)c1C. The first kappa shape index (κ1) is 13.0. The topological polar surface area (TPSA) is 76.7 Å². The summed E-state index contributed by atoms with van der Waals surface area (Å²) in [5, 5.41) is 8.86. The minimum absolute atomic E-state index is 0.124. The standard InChI is InChI=1S/C12H14O5/c1-6(7(2)11(13)14)10-5-9(16-4)8(3)12(15)17-10/h5H,1-4H3,(H,13,14). The van der Waals surface area contributed by atoms with E-state index in [2.05, 4.69) is 0 Å². The number of rotatable bonds is 3. The van der Waals surface area contributed by atoms with Gasteiger partial charge in [0.1, 0.15) is 11.5 Å². The van der Waals surface area contributed by atoms with Crippen molar-refractivity contribution in [2.75, 3.05) is 7.11 Å². The lowest BCUT2D eigenvalue weighted by molar-refractivity contribution is -0.132. The van der Waals surface area contributed by atoms with E-state index in [0.717, 1.165) is 0 Å². The van der Waals surface area contributed by atoms with Crippen molar-refractivity contribution < 1.29 is 19.1 Å². The molecule has 17 heavy (non-hydrogen) atoms. The Hall–Kier alpha value is -2.04. The van der Waals surface area contributed by atoms with E-state index < -0.39 is 11.6 Å². The van der Waals surface area contributed by atoms with Crippen LogP contribution in [0.5, 0.6) is 5.75 Å². The van der Waals surface area contributed by atoms with E-state index in [1.807, 2.05) is 0 Å². The average molecular weight is 238 g/mol. The highest BCUT2D eigenvalue weighted by Gasteiger charge is 2.13. The van der Waals surface area contributed by atoms with Gasteiger partial charge in [0.25, 0.3) is 0 Å². The number of methoxy groups -OCH3 is 1. The third kappa shape index (κ3) is 2.55. The number of carboxylic acid groups (broad SMARTS) is 1. The molecule has 0 amide bonds. The molecule has 92 valence electrons. The molecule has 0 saturated carbocycles. The molecule has 1 heterocycles. The summed E-state index contributed by atoms with van der Waals surface area (Å²) in [6.45, 7) is 4.61. The molecule has 0 unspecified atom stereocenters. The molecule has 0 aliphatic heterocycles. The molecule has 0 bridgehead atoms. The molecule has 0 radical (unpaired) electrons. The predicted molar refractivity (Wildman–Crippen MR) is 62.2 cm³/mol. The molecular weight excluding hydrogens is 224 g/mol. The van der Waals surface area contributed by atoms with Crippen LogP contribution < -0.4 is 10.4 Å². The number of aliphatic carboxylic acids is 1. The summed E-state index contributed by atoms with van der Waals surface area (Å²) in [6, 6.07) is 1.51. The van der Waals surface area contributed by atoms with E-state index in [-0.39, 0.29) is 11.3 Å². The smallest absolute Gasteiger partial charge is 0.342 e. The summed E-state index contributed by atoms with van der Waals surface area (Å²) in [7, 11) is 1.44. The first-order valence-electron chi connectivity index (χ1n) is 4.98. The predicted octanol–water partition coefficient (Wildman–Crippen LogP) is 1.83. The molecule has 5 heteroatoms. The summed E-state index contributed by atoms with van der Waals surface area (Å²) in [6.07, 6.45) is 0. The lowest BCUT2D eigenvalue weighted by atomic mass is 10.1. The van der Waals surface area contributed by atoms with Gasteiger partial charge in [-0.1, -0.05) is 0 Å². The van der Waals surface area contributed by atoms with E-state index in [0.29, 0.717) is 16.9 Å². The Balaban J connectivity index is 3.44. The highest BCUT2D eigenvalue weighted by Crippen LogP contribution is 2.23. The van der Waals surface area contributed by atoms with E-state index in [4.69, 9.17) is 14.3 Å². The van der Waals surface area contributed by atoms with Crippen molar-refractivity contribution in [2.45, 2.75) is 20.8 Å². The van der Waals surface area contributed by atoms with Crippen molar-refractivity contribution in [3.63, 3.8) is 0 Å². The normalized spacial score (nSPS) is 12.0. The third-order valence-corrected chi connectivity index (χ3v) is 2.61. The first-order valence-corrected chi connectivity index (χ1v) is 4.98. The van der Waals surface area contributed by atoms with Gasteiger partial charge in [-0.2, -0.15) is 0 Å². The molecule has 0 fully saturated rings. The van der Waals surface area contributed by atoms with Gasteiger partial charge in [-0.15, -0.1) is 0 Å². The van der Waals surface area contributed by atoms with E-state index >= 15 is 0 Å². The minimum atomic E-state index is -1.05. The Kier molecular flexibility index (Phi) is 3.73. The highest BCUT2D eigenvalue weighted by atomic mass is 16.5. The molecule has 0 aromatic carbocycles. The fraction of sp³-hybridized carbons (Fsp3) is 0.333. The van der Waals surface area contributed by atoms with E-state index in [1.165, 1.54) is 20.1 Å². The fourth-order valence-electron chi connectivity index (χ4n) is 1.28. The van der Waals surface area contributed by atoms with E-state index in [9.17, 15) is 9.59 Å². The molecule has 1 rings (SSSR count). The zero-order valence-corrected chi connectivity index (χ0v) is 10.2. The van der Waals surface area contributed by atoms with Crippen LogP contribution in [0.4, 0.5) is 0 Å². The van der Waals surface area contributed by atoms with Gasteiger partial charge in [0.05, 0.1) is 12.7 Å². The second-order valence-corrected chi connectivity index (χ2v) is 3.65. The van der Waals surface area contributed by atoms with Gasteiger partial charge >= 0.3 is 11.6 Å². The molecule has 0 atom stereocenters. The summed E-state index contributed by atoms with van der Waals surface area (Å²) >= 11 is 0. The van der Waals surface area contributed by atoms with Gasteiger partial charge in [0.2, 0.25) is 0 Å². The van der Waals surface area contributed by atoms with Crippen LogP contribution >= 0.6 is 0 Å². The number of hydrogen-bond donors (Lipinski definition) is 1. The van der Waals surface area contributed by atoms with Crippen LogP contribution in [0.1, 0.15) is 25.2 Å². The second-order valence-electron chi connectivity index (χ2n) is 3.65. The zero-order chi connectivity index (χ0) is 13.2. The third-order valence-electron chi connectivity index (χ3n) is 2.61. The van der Waals surface area contributed by atoms with Crippen molar-refractivity contribution in [1.29, 1.82) is 0 Å². The monoisotopic (exact) mass is 238 g/mol. The molecule has 5 nitrogen and oxygen atoms in total. The maximum absolute atomic E-state index is 11.5. The first-order chi connectivity index (χ1) is 7.88. The lowest BCUT2D eigenvalue weighted by Crippen LogP contribution is -2.08. The van der Waals surface area contributed by atoms with Crippen molar-refractivity contribution in [3.05, 3.63) is 33.4 Å². The molecular formula is C12H14O5. The largest absolute Gasteiger partial charge is 0.496 e. The fourth-order valence-corrected chi connectivity index (χ4v) is 1.28. The molecule has 0 spiro atoms. The highest BCUT2D eigenvalue weighted by molar-refractivity contribution is 5.94. The van der Waals surface area contributed by atoms with Crippen molar-refractivity contribution in [1.82, 2.24) is 0 Å². The van der Waals surface area contributed by atoms with Crippen LogP contribution in [0.2, 0.25) is 0 Å². The van der Waals surface area contributed by atoms with E-state index in [1.54, 1.807) is 13.8 Å². The van der Waals surface area contributed by atoms with Crippen LogP contribution in [0.25, 0.3) is 5.57 Å². The van der Waals surface area contributed by atoms with Gasteiger partial charge < -0.3 is 14.3 Å². The van der Waals surface area contributed by atoms with Crippen LogP contribution in [-0.4, -0.2) is 18.2 Å². The number of carbonyl (C=O) groups is 1. The number of ether oxygens (including phenoxy) is 1. The average Bonchev–Trinajstić information content (AvgIpc) is 2.30. The summed E-state index contributed by atoms with van der Waals surface area (Å²) in [5.74, 6) is -0.462. The molecule has 0 aliphatic rings. The van der Waals surface area contributed by atoms with Crippen molar-refractivity contribution >= 4 is 11.5 Å². The van der Waals surface area contributed by atoms with Gasteiger partial charge in [-0.05, 0) is 20.8 Å². The Labute approximate surface area is 98.3 Å². The van der Waals surface area contributed by atoms with Gasteiger partial charge in [0.15, 0.2) is 0 Å². The van der Waals surface area contributed by atoms with Crippen LogP contribution in [0.3, 0.4) is 0 Å². The second kappa shape index (κ2) is 4.86. The quantitative estimate of drug-likeness (QED) is 0.813. The summed E-state index contributed by atoms with van der Waals surface area (Å²) in [4.78, 5) is 22.3. The Bertz CT molecular complexity index is 536. The lowest BCUT2D eigenvalue weighted by Gasteiger charge is -2.07. The Morgan fingerprint density at radius 2 is 2.00 bits per heavy atom. The molecule has 0 saturated heterocycles. The van der Waals surface area contributed by atoms with Gasteiger partial charge in [-0.25, -0.2) is 9.59 Å². The number of carboxylic acids is 1. The van der Waals surface area contributed by atoms with Gasteiger partial charge in [-0.3, -0.25) is 0 Å². The maximum Gasteiger partial charge on any atom is 0.342 e. The summed E-state index contributed by atoms with van der Waals surface area (Å²) < 4.78 is 10.1. The van der Waals surface area contributed by atoms with Crippen molar-refractivity contribution in [2.24, 2.45) is 0 Å². The van der Waals surface area contributed by atoms with Crippen molar-refractivity contribution in [3.8, 4) is 5.75 Å². The zero-order valence-electron chi connectivity index (χ0n) is 10.2. The maximum atomic E-state index is 11.5. The Morgan fingerprint density at radius 1 is 1.41 bits per heavy atom. The molecule has 1 N–H and O–H groups in total. The van der Waals surface area contributed by atoms with Crippen LogP contribution in [0.15, 0.2) is 20.9 Å². The molecule has 1 aromatic heterocycles.